The second kappa shape index (κ2) is 10.6. The number of halogens is 3. The standard InChI is InChI=1S/C24H17F2IN4O4S/c25-20-19(11-18(24(32)33)23(21(20)26)30-17-7-5-16(27)6-8-17)36(34,35)31-22(14-3-1-9-28-12-14)15-4-2-10-29-13-15/h1-13,22,30-31H,(H,32,33). The van der Waals surface area contributed by atoms with E-state index in [4.69, 9.17) is 0 Å². The highest BCUT2D eigenvalue weighted by atomic mass is 127. The van der Waals surface area contributed by atoms with Gasteiger partial charge in [-0.1, -0.05) is 12.1 Å². The molecule has 0 unspecified atom stereocenters. The van der Waals surface area contributed by atoms with Crippen molar-refractivity contribution >= 4 is 50.0 Å². The SMILES string of the molecule is O=C(O)c1cc(S(=O)(=O)NC(c2cccnc2)c2cccnc2)c(F)c(F)c1Nc1ccc(I)cc1. The lowest BCUT2D eigenvalue weighted by Gasteiger charge is -2.20. The molecule has 2 aromatic heterocycles. The average Bonchev–Trinajstić information content (AvgIpc) is 2.87. The first-order valence-electron chi connectivity index (χ1n) is 10.3. The van der Waals surface area contributed by atoms with Gasteiger partial charge in [0.05, 0.1) is 17.3 Å². The molecule has 2 aromatic carbocycles. The van der Waals surface area contributed by atoms with E-state index in [2.05, 4.69) is 42.6 Å². The molecular formula is C24H17F2IN4O4S. The van der Waals surface area contributed by atoms with Gasteiger partial charge in [-0.3, -0.25) is 9.97 Å². The van der Waals surface area contributed by atoms with Crippen LogP contribution in [0.3, 0.4) is 0 Å². The van der Waals surface area contributed by atoms with Crippen molar-refractivity contribution in [2.24, 2.45) is 0 Å². The number of nitrogens with one attached hydrogen (secondary N) is 2. The van der Waals surface area contributed by atoms with Crippen molar-refractivity contribution in [3.63, 3.8) is 0 Å². The zero-order chi connectivity index (χ0) is 25.9. The van der Waals surface area contributed by atoms with E-state index >= 15 is 8.78 Å². The Labute approximate surface area is 218 Å². The molecule has 0 aliphatic heterocycles. The maximum Gasteiger partial charge on any atom is 0.337 e. The van der Waals surface area contributed by atoms with Crippen molar-refractivity contribution < 1.29 is 27.1 Å². The fourth-order valence-corrected chi connectivity index (χ4v) is 5.07. The van der Waals surface area contributed by atoms with Gasteiger partial charge in [-0.15, -0.1) is 0 Å². The Morgan fingerprint density at radius 1 is 0.944 bits per heavy atom. The van der Waals surface area contributed by atoms with Crippen molar-refractivity contribution in [2.75, 3.05) is 5.32 Å². The molecule has 0 bridgehead atoms. The molecule has 8 nitrogen and oxygen atoms in total. The molecule has 36 heavy (non-hydrogen) atoms. The van der Waals surface area contributed by atoms with Crippen LogP contribution in [0.4, 0.5) is 20.2 Å². The van der Waals surface area contributed by atoms with Gasteiger partial charge in [-0.2, -0.15) is 4.72 Å². The summed E-state index contributed by atoms with van der Waals surface area (Å²) in [5.74, 6) is -5.01. The van der Waals surface area contributed by atoms with E-state index in [-0.39, 0.29) is 5.69 Å². The monoisotopic (exact) mass is 622 g/mol. The largest absolute Gasteiger partial charge is 0.478 e. The molecule has 0 spiro atoms. The van der Waals surface area contributed by atoms with Gasteiger partial charge in [0.2, 0.25) is 10.0 Å². The minimum absolute atomic E-state index is 0.290. The van der Waals surface area contributed by atoms with Gasteiger partial charge < -0.3 is 10.4 Å². The number of rotatable bonds is 8. The lowest BCUT2D eigenvalue weighted by atomic mass is 10.0. The average molecular weight is 622 g/mol. The normalized spacial score (nSPS) is 11.4. The predicted octanol–water partition coefficient (Wildman–Crippen LogP) is 4.87. The Hall–Kier alpha value is -3.49. The van der Waals surface area contributed by atoms with Gasteiger partial charge >= 0.3 is 5.97 Å². The number of carboxylic acid groups (broad SMARTS) is 1. The summed E-state index contributed by atoms with van der Waals surface area (Å²) in [7, 11) is -4.77. The quantitative estimate of drug-likeness (QED) is 0.240. The van der Waals surface area contributed by atoms with E-state index in [1.165, 1.54) is 24.8 Å². The van der Waals surface area contributed by atoms with Crippen molar-refractivity contribution in [3.05, 3.63) is 111 Å². The summed E-state index contributed by atoms with van der Waals surface area (Å²) in [6.07, 6.45) is 5.80. The topological polar surface area (TPSA) is 121 Å². The lowest BCUT2D eigenvalue weighted by molar-refractivity contribution is 0.0697. The Morgan fingerprint density at radius 3 is 2.03 bits per heavy atom. The van der Waals surface area contributed by atoms with Gasteiger partial charge in [0.1, 0.15) is 4.90 Å². The number of carboxylic acids is 1. The Balaban J connectivity index is 1.79. The maximum absolute atomic E-state index is 15.2. The maximum atomic E-state index is 15.2. The molecule has 0 saturated carbocycles. The molecule has 0 fully saturated rings. The zero-order valence-corrected chi connectivity index (χ0v) is 21.2. The Bertz CT molecular complexity index is 1470. The van der Waals surface area contributed by atoms with Crippen LogP contribution >= 0.6 is 22.6 Å². The van der Waals surface area contributed by atoms with E-state index in [1.807, 2.05) is 0 Å². The number of anilines is 2. The number of sulfonamides is 1. The van der Waals surface area contributed by atoms with Gasteiger partial charge in [-0.25, -0.2) is 22.0 Å². The summed E-state index contributed by atoms with van der Waals surface area (Å²) in [6, 6.07) is 12.3. The van der Waals surface area contributed by atoms with Crippen molar-refractivity contribution in [2.45, 2.75) is 10.9 Å². The van der Waals surface area contributed by atoms with Gasteiger partial charge in [0, 0.05) is 34.0 Å². The van der Waals surface area contributed by atoms with Crippen molar-refractivity contribution in [1.82, 2.24) is 14.7 Å². The summed E-state index contributed by atoms with van der Waals surface area (Å²) >= 11 is 2.05. The third-order valence-electron chi connectivity index (χ3n) is 5.12. The minimum atomic E-state index is -4.77. The summed E-state index contributed by atoms with van der Waals surface area (Å²) in [6.45, 7) is 0. The summed E-state index contributed by atoms with van der Waals surface area (Å²) < 4.78 is 60.1. The number of hydrogen-bond donors (Lipinski definition) is 3. The van der Waals surface area contributed by atoms with Crippen LogP contribution in [0.15, 0.2) is 84.3 Å². The molecule has 12 heteroatoms. The second-order valence-electron chi connectivity index (χ2n) is 7.49. The molecule has 4 rings (SSSR count). The smallest absolute Gasteiger partial charge is 0.337 e. The van der Waals surface area contributed by atoms with E-state index in [9.17, 15) is 18.3 Å². The van der Waals surface area contributed by atoms with Gasteiger partial charge in [0.15, 0.2) is 11.6 Å². The molecule has 2 heterocycles. The molecule has 0 aliphatic rings. The number of carbonyl (C=O) groups is 1. The second-order valence-corrected chi connectivity index (χ2v) is 10.4. The number of pyridine rings is 2. The molecule has 0 amide bonds. The van der Waals surface area contributed by atoms with Gasteiger partial charge in [0.25, 0.3) is 0 Å². The first kappa shape index (κ1) is 25.6. The molecule has 4 aromatic rings. The van der Waals surface area contributed by atoms with Crippen LogP contribution in [0.25, 0.3) is 0 Å². The van der Waals surface area contributed by atoms with E-state index < -0.39 is 49.8 Å². The third kappa shape index (κ3) is 5.50. The molecule has 3 N–H and O–H groups in total. The fraction of sp³-hybridized carbons (Fsp3) is 0.0417. The zero-order valence-electron chi connectivity index (χ0n) is 18.2. The Kier molecular flexibility index (Phi) is 7.56. The number of aromatic carboxylic acids is 1. The van der Waals surface area contributed by atoms with Crippen LogP contribution in [0.1, 0.15) is 27.5 Å². The fourth-order valence-electron chi connectivity index (χ4n) is 3.41. The molecule has 0 atom stereocenters. The highest BCUT2D eigenvalue weighted by Crippen LogP contribution is 2.32. The summed E-state index contributed by atoms with van der Waals surface area (Å²) in [5, 5.41) is 12.2. The van der Waals surface area contributed by atoms with E-state index in [1.54, 1.807) is 48.5 Å². The minimum Gasteiger partial charge on any atom is -0.478 e. The number of nitrogens with zero attached hydrogens (tertiary/aromatic N) is 2. The van der Waals surface area contributed by atoms with Gasteiger partial charge in [-0.05, 0) is 76.2 Å². The van der Waals surface area contributed by atoms with Crippen molar-refractivity contribution in [1.29, 1.82) is 0 Å². The van der Waals surface area contributed by atoms with E-state index in [0.717, 1.165) is 3.57 Å². The van der Waals surface area contributed by atoms with Crippen LogP contribution in [0, 0.1) is 15.2 Å². The first-order valence-corrected chi connectivity index (χ1v) is 12.8. The van der Waals surface area contributed by atoms with Crippen LogP contribution in [0.2, 0.25) is 0 Å². The first-order chi connectivity index (χ1) is 17.2. The molecular weight excluding hydrogens is 605 g/mol. The van der Waals surface area contributed by atoms with Crippen LogP contribution in [-0.4, -0.2) is 29.5 Å². The number of benzene rings is 2. The molecule has 0 aliphatic carbocycles. The lowest BCUT2D eigenvalue weighted by Crippen LogP contribution is -2.31. The summed E-state index contributed by atoms with van der Waals surface area (Å²) in [5.41, 5.74) is -0.350. The highest BCUT2D eigenvalue weighted by Gasteiger charge is 2.31. The number of hydrogen-bond acceptors (Lipinski definition) is 6. The number of aromatic nitrogens is 2. The predicted molar refractivity (Wildman–Crippen MR) is 136 cm³/mol. The van der Waals surface area contributed by atoms with Crippen molar-refractivity contribution in [3.8, 4) is 0 Å². The molecule has 0 saturated heterocycles. The van der Waals surface area contributed by atoms with Crippen LogP contribution in [-0.2, 0) is 10.0 Å². The van der Waals surface area contributed by atoms with E-state index in [0.29, 0.717) is 17.2 Å². The molecule has 0 radical (unpaired) electrons. The molecule has 184 valence electrons. The highest BCUT2D eigenvalue weighted by molar-refractivity contribution is 14.1. The summed E-state index contributed by atoms with van der Waals surface area (Å²) in [4.78, 5) is 18.7. The third-order valence-corrected chi connectivity index (χ3v) is 7.26. The Morgan fingerprint density at radius 2 is 1.53 bits per heavy atom. The van der Waals surface area contributed by atoms with Crippen LogP contribution < -0.4 is 10.0 Å². The van der Waals surface area contributed by atoms with Crippen LogP contribution in [0.5, 0.6) is 0 Å².